The van der Waals surface area contributed by atoms with Crippen molar-refractivity contribution in [3.63, 3.8) is 0 Å². The molecule has 4 heterocycles. The number of anilines is 1. The van der Waals surface area contributed by atoms with Crippen molar-refractivity contribution in [2.75, 3.05) is 18.0 Å². The monoisotopic (exact) mass is 435 g/mol. The number of hydrogen-bond acceptors (Lipinski definition) is 6. The van der Waals surface area contributed by atoms with E-state index >= 15 is 0 Å². The summed E-state index contributed by atoms with van der Waals surface area (Å²) in [6.07, 6.45) is 4.33. The maximum Gasteiger partial charge on any atom is 0.248 e. The molecule has 1 aromatic carbocycles. The van der Waals surface area contributed by atoms with Crippen LogP contribution in [0.2, 0.25) is 0 Å². The minimum absolute atomic E-state index is 0.0453. The molecule has 7 nitrogen and oxygen atoms in total. The first-order chi connectivity index (χ1) is 15.6. The first-order valence-corrected chi connectivity index (χ1v) is 10.2. The highest BCUT2D eigenvalue weighted by Gasteiger charge is 2.26. The Labute approximate surface area is 181 Å². The van der Waals surface area contributed by atoms with E-state index in [1.54, 1.807) is 30.6 Å². The van der Waals surface area contributed by atoms with Crippen molar-refractivity contribution in [2.45, 2.75) is 18.9 Å². The smallest absolute Gasteiger partial charge is 0.248 e. The second kappa shape index (κ2) is 8.33. The van der Waals surface area contributed by atoms with Crippen LogP contribution in [0.15, 0.2) is 59.7 Å². The number of hydrogen-bond donors (Lipinski definition) is 1. The molecule has 1 aliphatic rings. The summed E-state index contributed by atoms with van der Waals surface area (Å²) in [5, 5.41) is 0. The molecule has 1 aliphatic heterocycles. The number of H-pyrrole nitrogens is 1. The molecule has 3 aromatic heterocycles. The third-order valence-corrected chi connectivity index (χ3v) is 5.40. The van der Waals surface area contributed by atoms with Gasteiger partial charge in [0.05, 0.1) is 17.4 Å². The Balaban J connectivity index is 1.42. The van der Waals surface area contributed by atoms with Crippen molar-refractivity contribution in [1.82, 2.24) is 19.9 Å². The second-order valence-electron chi connectivity index (χ2n) is 7.57. The zero-order chi connectivity index (χ0) is 22.1. The Hall–Kier alpha value is -3.88. The van der Waals surface area contributed by atoms with Gasteiger partial charge in [0.25, 0.3) is 0 Å². The third-order valence-electron chi connectivity index (χ3n) is 5.40. The topological polar surface area (TPSA) is 84.0 Å². The van der Waals surface area contributed by atoms with Crippen LogP contribution in [-0.2, 0) is 0 Å². The fourth-order valence-corrected chi connectivity index (χ4v) is 3.82. The van der Waals surface area contributed by atoms with Gasteiger partial charge in [-0.25, -0.2) is 18.7 Å². The zero-order valence-electron chi connectivity index (χ0n) is 17.0. The number of rotatable bonds is 4. The van der Waals surface area contributed by atoms with E-state index in [4.69, 9.17) is 14.7 Å². The number of halogens is 2. The second-order valence-corrected chi connectivity index (χ2v) is 7.57. The Morgan fingerprint density at radius 3 is 2.66 bits per heavy atom. The molecule has 0 aliphatic carbocycles. The van der Waals surface area contributed by atoms with Crippen molar-refractivity contribution in [2.24, 2.45) is 0 Å². The number of nitrogens with one attached hydrogen (secondary N) is 1. The number of pyridine rings is 2. The van der Waals surface area contributed by atoms with Crippen LogP contribution >= 0.6 is 0 Å². The van der Waals surface area contributed by atoms with Crippen LogP contribution in [-0.4, -0.2) is 39.1 Å². The van der Waals surface area contributed by atoms with Gasteiger partial charge >= 0.3 is 0 Å². The van der Waals surface area contributed by atoms with Crippen LogP contribution in [0.1, 0.15) is 12.8 Å². The largest absolute Gasteiger partial charge is 0.487 e. The third kappa shape index (κ3) is 4.01. The number of benzene rings is 1. The average Bonchev–Trinajstić information content (AvgIpc) is 2.80. The quantitative estimate of drug-likeness (QED) is 0.526. The summed E-state index contributed by atoms with van der Waals surface area (Å²) in [7, 11) is 0. The van der Waals surface area contributed by atoms with Gasteiger partial charge in [-0.3, -0.25) is 9.78 Å². The summed E-state index contributed by atoms with van der Waals surface area (Å²) >= 11 is 0. The number of fused-ring (bicyclic) bond motifs is 1. The van der Waals surface area contributed by atoms with Crippen molar-refractivity contribution in [3.05, 3.63) is 76.8 Å². The van der Waals surface area contributed by atoms with E-state index in [1.165, 1.54) is 18.2 Å². The fraction of sp³-hybridized carbons (Fsp3) is 0.217. The predicted octanol–water partition coefficient (Wildman–Crippen LogP) is 3.71. The van der Waals surface area contributed by atoms with Gasteiger partial charge in [-0.15, -0.1) is 0 Å². The number of piperidine rings is 1. The SMILES string of the molecule is O=c1cccc(-c2nc3ccncc3nc2N2CCC(Oc3ccc(F)cc3F)CC2)[nH]1. The van der Waals surface area contributed by atoms with Crippen LogP contribution in [0.3, 0.4) is 0 Å². The molecule has 5 rings (SSSR count). The Morgan fingerprint density at radius 1 is 1.03 bits per heavy atom. The van der Waals surface area contributed by atoms with E-state index in [9.17, 15) is 13.6 Å². The lowest BCUT2D eigenvalue weighted by atomic mass is 10.1. The van der Waals surface area contributed by atoms with Gasteiger partial charge in [0.1, 0.15) is 23.1 Å². The van der Waals surface area contributed by atoms with Crippen molar-refractivity contribution in [1.29, 1.82) is 0 Å². The van der Waals surface area contributed by atoms with Gasteiger partial charge in [0.15, 0.2) is 17.4 Å². The van der Waals surface area contributed by atoms with E-state index in [0.717, 1.165) is 6.07 Å². The number of aromatic nitrogens is 4. The van der Waals surface area contributed by atoms with E-state index in [0.29, 0.717) is 54.2 Å². The molecule has 0 unspecified atom stereocenters. The minimum atomic E-state index is -0.712. The summed E-state index contributed by atoms with van der Waals surface area (Å²) in [6, 6.07) is 9.98. The summed E-state index contributed by atoms with van der Waals surface area (Å²) < 4.78 is 32.8. The molecule has 0 atom stereocenters. The molecule has 162 valence electrons. The Kier molecular flexibility index (Phi) is 5.22. The van der Waals surface area contributed by atoms with E-state index in [1.807, 2.05) is 0 Å². The summed E-state index contributed by atoms with van der Waals surface area (Å²) in [5.41, 5.74) is 2.25. The van der Waals surface area contributed by atoms with Gasteiger partial charge in [0.2, 0.25) is 5.56 Å². The molecule has 4 aromatic rings. The predicted molar refractivity (Wildman–Crippen MR) is 116 cm³/mol. The molecule has 1 saturated heterocycles. The minimum Gasteiger partial charge on any atom is -0.487 e. The van der Waals surface area contributed by atoms with Crippen molar-refractivity contribution < 1.29 is 13.5 Å². The highest BCUT2D eigenvalue weighted by atomic mass is 19.1. The van der Waals surface area contributed by atoms with Gasteiger partial charge in [-0.1, -0.05) is 6.07 Å². The maximum atomic E-state index is 13.9. The maximum absolute atomic E-state index is 13.9. The van der Waals surface area contributed by atoms with Crippen LogP contribution in [0.4, 0.5) is 14.6 Å². The molecule has 0 saturated carbocycles. The van der Waals surface area contributed by atoms with Gasteiger partial charge in [-0.05, 0) is 24.3 Å². The molecule has 1 fully saturated rings. The summed E-state index contributed by atoms with van der Waals surface area (Å²) in [6.45, 7) is 1.19. The molecule has 0 radical (unpaired) electrons. The van der Waals surface area contributed by atoms with Gasteiger partial charge in [0, 0.05) is 44.3 Å². The Morgan fingerprint density at radius 2 is 1.88 bits per heavy atom. The molecule has 1 N–H and O–H groups in total. The van der Waals surface area contributed by atoms with Crippen molar-refractivity contribution in [3.8, 4) is 17.1 Å². The zero-order valence-corrected chi connectivity index (χ0v) is 17.0. The molecule has 0 amide bonds. The lowest BCUT2D eigenvalue weighted by Gasteiger charge is -2.33. The van der Waals surface area contributed by atoms with E-state index < -0.39 is 11.6 Å². The highest BCUT2D eigenvalue weighted by Crippen LogP contribution is 2.31. The average molecular weight is 435 g/mol. The molecule has 0 bridgehead atoms. The normalized spacial score (nSPS) is 14.6. The molecular weight excluding hydrogens is 416 g/mol. The highest BCUT2D eigenvalue weighted by molar-refractivity contribution is 5.82. The molecule has 32 heavy (non-hydrogen) atoms. The standard InChI is InChI=1S/C23H19F2N5O2/c24-14-4-5-20(16(25)12-14)32-15-7-10-30(11-8-15)23-22(18-2-1-3-21(31)27-18)28-17-6-9-26-13-19(17)29-23/h1-6,9,12-13,15H,7-8,10-11H2,(H,27,31). The fourth-order valence-electron chi connectivity index (χ4n) is 3.82. The molecule has 9 heteroatoms. The number of ether oxygens (including phenoxy) is 1. The van der Waals surface area contributed by atoms with E-state index in [-0.39, 0.29) is 17.4 Å². The first-order valence-electron chi connectivity index (χ1n) is 10.2. The van der Waals surface area contributed by atoms with Crippen molar-refractivity contribution >= 4 is 16.9 Å². The Bertz CT molecular complexity index is 1340. The number of nitrogens with zero attached hydrogens (tertiary/aromatic N) is 4. The summed E-state index contributed by atoms with van der Waals surface area (Å²) in [4.78, 5) is 30.4. The van der Waals surface area contributed by atoms with Crippen LogP contribution in [0.5, 0.6) is 5.75 Å². The summed E-state index contributed by atoms with van der Waals surface area (Å²) in [5.74, 6) is -0.668. The van der Waals surface area contributed by atoms with Crippen LogP contribution in [0, 0.1) is 11.6 Å². The lowest BCUT2D eigenvalue weighted by Crippen LogP contribution is -2.39. The van der Waals surface area contributed by atoms with Gasteiger partial charge < -0.3 is 14.6 Å². The number of aromatic amines is 1. The lowest BCUT2D eigenvalue weighted by molar-refractivity contribution is 0.163. The van der Waals surface area contributed by atoms with E-state index in [2.05, 4.69) is 14.9 Å². The molecular formula is C23H19F2N5O2. The van der Waals surface area contributed by atoms with Crippen LogP contribution in [0.25, 0.3) is 22.4 Å². The van der Waals surface area contributed by atoms with Gasteiger partial charge in [-0.2, -0.15) is 0 Å². The first kappa shape index (κ1) is 20.0. The van der Waals surface area contributed by atoms with Crippen LogP contribution < -0.4 is 15.2 Å². The molecule has 0 spiro atoms.